The molecule has 0 fully saturated rings. The van der Waals surface area contributed by atoms with Gasteiger partial charge in [0.1, 0.15) is 6.33 Å². The highest BCUT2D eigenvalue weighted by atomic mass is 16.4. The van der Waals surface area contributed by atoms with Crippen molar-refractivity contribution in [1.82, 2.24) is 15.3 Å². The summed E-state index contributed by atoms with van der Waals surface area (Å²) in [5, 5.41) is 12.1. The van der Waals surface area contributed by atoms with E-state index in [9.17, 15) is 4.79 Å². The summed E-state index contributed by atoms with van der Waals surface area (Å²) in [6.07, 6.45) is 3.19. The maximum Gasteiger partial charge on any atom is 0.335 e. The predicted octanol–water partition coefficient (Wildman–Crippen LogP) is 1.46. The van der Waals surface area contributed by atoms with Crippen molar-refractivity contribution in [2.24, 2.45) is 0 Å². The van der Waals surface area contributed by atoms with E-state index < -0.39 is 5.97 Å². The highest BCUT2D eigenvalue weighted by Crippen LogP contribution is 2.05. The number of rotatable bonds is 5. The Hall–Kier alpha value is -2.27. The van der Waals surface area contributed by atoms with Gasteiger partial charge in [-0.2, -0.15) is 0 Å². The van der Waals surface area contributed by atoms with Gasteiger partial charge in [-0.15, -0.1) is 0 Å². The van der Waals surface area contributed by atoms with Crippen LogP contribution >= 0.6 is 0 Å². The molecule has 0 bridgehead atoms. The van der Waals surface area contributed by atoms with Gasteiger partial charge >= 0.3 is 5.97 Å². The van der Waals surface area contributed by atoms with Crippen LogP contribution in [0.15, 0.2) is 42.9 Å². The number of carbonyl (C=O) groups is 1. The van der Waals surface area contributed by atoms with Gasteiger partial charge in [-0.05, 0) is 23.8 Å². The van der Waals surface area contributed by atoms with Gasteiger partial charge in [0, 0.05) is 19.3 Å². The molecule has 0 aliphatic rings. The van der Waals surface area contributed by atoms with Gasteiger partial charge in [-0.25, -0.2) is 14.8 Å². The number of aromatic nitrogens is 2. The highest BCUT2D eigenvalue weighted by Gasteiger charge is 2.02. The zero-order valence-electron chi connectivity index (χ0n) is 9.71. The van der Waals surface area contributed by atoms with Crippen molar-refractivity contribution in [1.29, 1.82) is 0 Å². The summed E-state index contributed by atoms with van der Waals surface area (Å²) < 4.78 is 0. The van der Waals surface area contributed by atoms with E-state index in [4.69, 9.17) is 5.11 Å². The van der Waals surface area contributed by atoms with E-state index in [1.54, 1.807) is 24.4 Å². The Balaban J connectivity index is 1.90. The first-order chi connectivity index (χ1) is 8.75. The highest BCUT2D eigenvalue weighted by molar-refractivity contribution is 5.87. The van der Waals surface area contributed by atoms with Crippen LogP contribution in [0, 0.1) is 0 Å². The lowest BCUT2D eigenvalue weighted by atomic mass is 10.1. The molecule has 1 aromatic carbocycles. The van der Waals surface area contributed by atoms with E-state index >= 15 is 0 Å². The van der Waals surface area contributed by atoms with E-state index in [-0.39, 0.29) is 0 Å². The Bertz CT molecular complexity index is 529. The first-order valence-corrected chi connectivity index (χ1v) is 5.53. The number of nitrogens with one attached hydrogen (secondary N) is 1. The van der Waals surface area contributed by atoms with E-state index in [0.29, 0.717) is 18.7 Å². The number of benzene rings is 1. The van der Waals surface area contributed by atoms with Crippen molar-refractivity contribution in [2.75, 3.05) is 0 Å². The number of hydrogen-bond acceptors (Lipinski definition) is 4. The van der Waals surface area contributed by atoms with Crippen molar-refractivity contribution in [2.45, 2.75) is 13.1 Å². The normalized spacial score (nSPS) is 10.2. The zero-order valence-corrected chi connectivity index (χ0v) is 9.71. The van der Waals surface area contributed by atoms with Gasteiger partial charge in [-0.3, -0.25) is 0 Å². The molecule has 1 heterocycles. The monoisotopic (exact) mass is 243 g/mol. The molecule has 5 nitrogen and oxygen atoms in total. The molecule has 1 aromatic heterocycles. The fourth-order valence-corrected chi connectivity index (χ4v) is 1.57. The van der Waals surface area contributed by atoms with Crippen molar-refractivity contribution in [3.8, 4) is 0 Å². The van der Waals surface area contributed by atoms with Gasteiger partial charge in [0.2, 0.25) is 0 Å². The summed E-state index contributed by atoms with van der Waals surface area (Å²) in [7, 11) is 0. The standard InChI is InChI=1S/C13H13N3O2/c17-13(18)11-3-1-2-10(6-11)7-15-8-12-4-5-14-9-16-12/h1-6,9,15H,7-8H2,(H,17,18). The molecule has 18 heavy (non-hydrogen) atoms. The van der Waals surface area contributed by atoms with E-state index in [1.165, 1.54) is 6.33 Å². The molecule has 92 valence electrons. The van der Waals surface area contributed by atoms with Crippen LogP contribution in [0.25, 0.3) is 0 Å². The topological polar surface area (TPSA) is 75.1 Å². The zero-order chi connectivity index (χ0) is 12.8. The molecule has 0 unspecified atom stereocenters. The second-order valence-electron chi connectivity index (χ2n) is 3.81. The van der Waals surface area contributed by atoms with Gasteiger partial charge in [0.25, 0.3) is 0 Å². The molecule has 0 aliphatic carbocycles. The van der Waals surface area contributed by atoms with Crippen molar-refractivity contribution in [3.05, 3.63) is 59.7 Å². The second-order valence-corrected chi connectivity index (χ2v) is 3.81. The van der Waals surface area contributed by atoms with Crippen molar-refractivity contribution < 1.29 is 9.90 Å². The molecule has 0 amide bonds. The number of nitrogens with zero attached hydrogens (tertiary/aromatic N) is 2. The molecule has 0 saturated heterocycles. The lowest BCUT2D eigenvalue weighted by Gasteiger charge is -2.05. The Morgan fingerprint density at radius 2 is 2.17 bits per heavy atom. The van der Waals surface area contributed by atoms with Gasteiger partial charge < -0.3 is 10.4 Å². The maximum atomic E-state index is 10.8. The Labute approximate surface area is 105 Å². The lowest BCUT2D eigenvalue weighted by Crippen LogP contribution is -2.14. The summed E-state index contributed by atoms with van der Waals surface area (Å²) in [5.41, 5.74) is 2.14. The average molecular weight is 243 g/mol. The van der Waals surface area contributed by atoms with E-state index in [1.807, 2.05) is 12.1 Å². The molecular formula is C13H13N3O2. The molecule has 2 aromatic rings. The minimum absolute atomic E-state index is 0.302. The van der Waals surface area contributed by atoms with Gasteiger partial charge in [0.15, 0.2) is 0 Å². The number of carboxylic acid groups (broad SMARTS) is 1. The molecule has 5 heteroatoms. The third-order valence-corrected chi connectivity index (χ3v) is 2.45. The smallest absolute Gasteiger partial charge is 0.335 e. The van der Waals surface area contributed by atoms with Crippen molar-refractivity contribution in [3.63, 3.8) is 0 Å². The summed E-state index contributed by atoms with van der Waals surface area (Å²) in [5.74, 6) is -0.910. The van der Waals surface area contributed by atoms with Crippen LogP contribution in [-0.4, -0.2) is 21.0 Å². The number of aromatic carboxylic acids is 1. The fraction of sp³-hybridized carbons (Fsp3) is 0.154. The summed E-state index contributed by atoms with van der Waals surface area (Å²) in [6.45, 7) is 1.23. The molecule has 0 saturated carbocycles. The molecule has 2 rings (SSSR count). The van der Waals surface area contributed by atoms with Gasteiger partial charge in [-0.1, -0.05) is 12.1 Å². The van der Waals surface area contributed by atoms with E-state index in [0.717, 1.165) is 11.3 Å². The fourth-order valence-electron chi connectivity index (χ4n) is 1.57. The van der Waals surface area contributed by atoms with Crippen LogP contribution in [-0.2, 0) is 13.1 Å². The molecule has 0 spiro atoms. The minimum atomic E-state index is -0.910. The van der Waals surface area contributed by atoms with E-state index in [2.05, 4.69) is 15.3 Å². The van der Waals surface area contributed by atoms with Crippen molar-refractivity contribution >= 4 is 5.97 Å². The Kier molecular flexibility index (Phi) is 3.98. The Morgan fingerprint density at radius 1 is 1.28 bits per heavy atom. The summed E-state index contributed by atoms with van der Waals surface area (Å²) in [6, 6.07) is 8.71. The first-order valence-electron chi connectivity index (χ1n) is 5.53. The minimum Gasteiger partial charge on any atom is -0.478 e. The third-order valence-electron chi connectivity index (χ3n) is 2.45. The largest absolute Gasteiger partial charge is 0.478 e. The quantitative estimate of drug-likeness (QED) is 0.831. The first kappa shape index (κ1) is 12.2. The third kappa shape index (κ3) is 3.36. The van der Waals surface area contributed by atoms with Gasteiger partial charge in [0.05, 0.1) is 11.3 Å². The average Bonchev–Trinajstić information content (AvgIpc) is 2.40. The molecule has 0 aliphatic heterocycles. The van der Waals surface area contributed by atoms with Crippen LogP contribution in [0.5, 0.6) is 0 Å². The van der Waals surface area contributed by atoms with Crippen LogP contribution in [0.1, 0.15) is 21.6 Å². The molecule has 0 radical (unpaired) electrons. The maximum absolute atomic E-state index is 10.8. The summed E-state index contributed by atoms with van der Waals surface area (Å²) >= 11 is 0. The van der Waals surface area contributed by atoms with Crippen LogP contribution < -0.4 is 5.32 Å². The molecule has 2 N–H and O–H groups in total. The number of carboxylic acids is 1. The van der Waals surface area contributed by atoms with Crippen LogP contribution in [0.2, 0.25) is 0 Å². The SMILES string of the molecule is O=C(O)c1cccc(CNCc2ccncn2)c1. The predicted molar refractivity (Wildman–Crippen MR) is 66.0 cm³/mol. The Morgan fingerprint density at radius 3 is 2.89 bits per heavy atom. The molecular weight excluding hydrogens is 230 g/mol. The molecule has 0 atom stereocenters. The van der Waals surface area contributed by atoms with Crippen LogP contribution in [0.4, 0.5) is 0 Å². The van der Waals surface area contributed by atoms with Crippen LogP contribution in [0.3, 0.4) is 0 Å². The number of hydrogen-bond donors (Lipinski definition) is 2. The summed E-state index contributed by atoms with van der Waals surface area (Å²) in [4.78, 5) is 18.7. The second kappa shape index (κ2) is 5.88. The lowest BCUT2D eigenvalue weighted by molar-refractivity contribution is 0.0696.